The second-order valence-corrected chi connectivity index (χ2v) is 8.24. The van der Waals surface area contributed by atoms with E-state index in [4.69, 9.17) is 10.5 Å². The first-order chi connectivity index (χ1) is 14.4. The fourth-order valence-corrected chi connectivity index (χ4v) is 4.87. The van der Waals surface area contributed by atoms with E-state index >= 15 is 0 Å². The molecule has 160 valence electrons. The maximum atomic E-state index is 12.6. The Kier molecular flexibility index (Phi) is 6.74. The van der Waals surface area contributed by atoms with Crippen molar-refractivity contribution in [2.75, 3.05) is 25.2 Å². The summed E-state index contributed by atoms with van der Waals surface area (Å²) < 4.78 is 4.95. The number of hydrogen-bond acceptors (Lipinski definition) is 10. The van der Waals surface area contributed by atoms with Gasteiger partial charge >= 0.3 is 5.97 Å². The number of nitrogens with two attached hydrogens (primary N) is 1. The number of hydrogen-bond donors (Lipinski definition) is 4. The van der Waals surface area contributed by atoms with Gasteiger partial charge in [-0.05, 0) is 12.0 Å². The third-order valence-corrected chi connectivity index (χ3v) is 6.35. The van der Waals surface area contributed by atoms with E-state index in [-0.39, 0.29) is 22.2 Å². The maximum absolute atomic E-state index is 12.6. The lowest BCUT2D eigenvalue weighted by Gasteiger charge is -2.49. The minimum Gasteiger partial charge on any atom is -0.477 e. The summed E-state index contributed by atoms with van der Waals surface area (Å²) in [6.07, 6.45) is 4.07. The molecule has 1 fully saturated rings. The Morgan fingerprint density at radius 2 is 2.30 bits per heavy atom. The molecule has 3 heterocycles. The first-order valence-electron chi connectivity index (χ1n) is 8.70. The quantitative estimate of drug-likeness (QED) is 0.142. The number of carboxylic acid groups (broad SMARTS) is 1. The number of carbonyl (C=O) groups is 3. The minimum atomic E-state index is -1.22. The van der Waals surface area contributed by atoms with Crippen LogP contribution in [-0.4, -0.2) is 74.6 Å². The molecule has 0 unspecified atom stereocenters. The van der Waals surface area contributed by atoms with E-state index in [1.807, 2.05) is 0 Å². The van der Waals surface area contributed by atoms with Gasteiger partial charge in [-0.15, -0.1) is 23.1 Å². The first-order valence-corrected chi connectivity index (χ1v) is 10.6. The van der Waals surface area contributed by atoms with Gasteiger partial charge in [0, 0.05) is 24.8 Å². The zero-order valence-electron chi connectivity index (χ0n) is 15.8. The van der Waals surface area contributed by atoms with Gasteiger partial charge in [-0.1, -0.05) is 17.3 Å². The van der Waals surface area contributed by atoms with Crippen LogP contribution in [0.5, 0.6) is 0 Å². The SMILES string of the molecule is COCC/C=C\C1=C(C(=O)O)N2C(=O)[C@@H](NC(=O)C(=NO)c3csc(N)n3)[C@H]2SC1. The lowest BCUT2D eigenvalue weighted by Crippen LogP contribution is -2.71. The van der Waals surface area contributed by atoms with Crippen molar-refractivity contribution < 1.29 is 29.4 Å². The molecule has 2 atom stereocenters. The molecule has 2 aliphatic heterocycles. The van der Waals surface area contributed by atoms with Gasteiger partial charge in [0.2, 0.25) is 0 Å². The van der Waals surface area contributed by atoms with Gasteiger partial charge in [-0.25, -0.2) is 9.78 Å². The summed E-state index contributed by atoms with van der Waals surface area (Å²) in [6.45, 7) is 0.498. The van der Waals surface area contributed by atoms with E-state index in [1.54, 1.807) is 19.3 Å². The van der Waals surface area contributed by atoms with E-state index in [1.165, 1.54) is 17.1 Å². The Balaban J connectivity index is 1.74. The van der Waals surface area contributed by atoms with Crippen LogP contribution in [0.2, 0.25) is 0 Å². The molecule has 5 N–H and O–H groups in total. The number of carbonyl (C=O) groups excluding carboxylic acids is 2. The second-order valence-electron chi connectivity index (χ2n) is 6.24. The Morgan fingerprint density at radius 1 is 1.53 bits per heavy atom. The lowest BCUT2D eigenvalue weighted by molar-refractivity contribution is -0.150. The maximum Gasteiger partial charge on any atom is 0.352 e. The number of fused-ring (bicyclic) bond motifs is 1. The lowest BCUT2D eigenvalue weighted by atomic mass is 10.0. The average molecular weight is 454 g/mol. The van der Waals surface area contributed by atoms with Crippen molar-refractivity contribution in [2.45, 2.75) is 17.8 Å². The number of thioether (sulfide) groups is 1. The summed E-state index contributed by atoms with van der Waals surface area (Å²) in [6, 6.07) is -0.955. The topological polar surface area (TPSA) is 167 Å². The van der Waals surface area contributed by atoms with Crippen molar-refractivity contribution in [1.29, 1.82) is 0 Å². The average Bonchev–Trinajstić information content (AvgIpc) is 3.15. The van der Waals surface area contributed by atoms with Crippen LogP contribution in [0.3, 0.4) is 0 Å². The molecule has 3 rings (SSSR count). The third-order valence-electron chi connectivity index (χ3n) is 4.37. The Hall–Kier alpha value is -2.90. The van der Waals surface area contributed by atoms with Gasteiger partial charge in [0.05, 0.1) is 0 Å². The summed E-state index contributed by atoms with van der Waals surface area (Å²) in [5.74, 6) is -2.24. The number of allylic oxidation sites excluding steroid dienone is 1. The molecule has 11 nitrogen and oxygen atoms in total. The van der Waals surface area contributed by atoms with Gasteiger partial charge in [0.15, 0.2) is 10.8 Å². The Morgan fingerprint density at radius 3 is 2.90 bits per heavy atom. The number of rotatable bonds is 8. The molecular formula is C17H19N5O6S2. The molecule has 1 aromatic rings. The van der Waals surface area contributed by atoms with E-state index in [0.29, 0.717) is 24.4 Å². The largest absolute Gasteiger partial charge is 0.477 e. The number of thiazole rings is 1. The highest BCUT2D eigenvalue weighted by Gasteiger charge is 2.54. The van der Waals surface area contributed by atoms with E-state index in [2.05, 4.69) is 15.5 Å². The van der Waals surface area contributed by atoms with Crippen LogP contribution < -0.4 is 11.1 Å². The summed E-state index contributed by atoms with van der Waals surface area (Å²) in [5.41, 5.74) is 5.62. The highest BCUT2D eigenvalue weighted by molar-refractivity contribution is 8.00. The number of anilines is 1. The summed E-state index contributed by atoms with van der Waals surface area (Å²) in [7, 11) is 1.57. The molecule has 0 aliphatic carbocycles. The van der Waals surface area contributed by atoms with Gasteiger partial charge in [0.1, 0.15) is 22.8 Å². The normalized spacial score (nSPS) is 21.6. The number of oxime groups is 1. The molecule has 1 aromatic heterocycles. The molecule has 0 bridgehead atoms. The van der Waals surface area contributed by atoms with Crippen LogP contribution >= 0.6 is 23.1 Å². The monoisotopic (exact) mass is 453 g/mol. The van der Waals surface area contributed by atoms with Gasteiger partial charge in [-0.2, -0.15) is 0 Å². The number of aliphatic carboxylic acids is 1. The fraction of sp³-hybridized carbons (Fsp3) is 0.353. The molecule has 30 heavy (non-hydrogen) atoms. The van der Waals surface area contributed by atoms with Gasteiger partial charge in [-0.3, -0.25) is 14.5 Å². The van der Waals surface area contributed by atoms with E-state index in [9.17, 15) is 24.7 Å². The Labute approximate surface area is 179 Å². The van der Waals surface area contributed by atoms with Crippen LogP contribution in [0, 0.1) is 0 Å². The molecule has 0 saturated carbocycles. The highest BCUT2D eigenvalue weighted by atomic mass is 32.2. The summed E-state index contributed by atoms with van der Waals surface area (Å²) in [4.78, 5) is 41.9. The van der Waals surface area contributed by atoms with Crippen LogP contribution in [0.25, 0.3) is 0 Å². The van der Waals surface area contributed by atoms with Crippen LogP contribution in [-0.2, 0) is 19.1 Å². The molecule has 0 radical (unpaired) electrons. The number of methoxy groups -OCH3 is 1. The second kappa shape index (κ2) is 9.28. The van der Waals surface area contributed by atoms with Crippen LogP contribution in [0.1, 0.15) is 12.1 Å². The van der Waals surface area contributed by atoms with E-state index in [0.717, 1.165) is 16.2 Å². The predicted octanol–water partition coefficient (Wildman–Crippen LogP) is 0.235. The zero-order chi connectivity index (χ0) is 21.8. The highest BCUT2D eigenvalue weighted by Crippen LogP contribution is 2.40. The number of carboxylic acids is 1. The fourth-order valence-electron chi connectivity index (χ4n) is 3.00. The summed E-state index contributed by atoms with van der Waals surface area (Å²) >= 11 is 2.40. The number of nitrogen functional groups attached to an aromatic ring is 1. The van der Waals surface area contributed by atoms with Crippen LogP contribution in [0.15, 0.2) is 34.0 Å². The van der Waals surface area contributed by atoms with Crippen molar-refractivity contribution in [3.05, 3.63) is 34.5 Å². The number of β-lactam (4-membered cyclic amide) rings is 1. The zero-order valence-corrected chi connectivity index (χ0v) is 17.4. The molecule has 13 heteroatoms. The minimum absolute atomic E-state index is 0.0760. The number of amides is 2. The molecule has 2 amide bonds. The molecule has 2 aliphatic rings. The molecular weight excluding hydrogens is 434 g/mol. The number of nitrogens with one attached hydrogen (secondary N) is 1. The van der Waals surface area contributed by atoms with E-state index < -0.39 is 29.2 Å². The van der Waals surface area contributed by atoms with Crippen molar-refractivity contribution in [3.8, 4) is 0 Å². The van der Waals surface area contributed by atoms with Crippen LogP contribution in [0.4, 0.5) is 5.13 Å². The third kappa shape index (κ3) is 4.17. The van der Waals surface area contributed by atoms with Crippen molar-refractivity contribution in [3.63, 3.8) is 0 Å². The molecule has 0 spiro atoms. The standard InChI is InChI=1S/C17H19N5O6S2/c1-28-5-3-2-4-8-6-29-15-11(14(24)22(15)12(8)16(25)26)20-13(23)10(21-27)9-7-30-17(18)19-9/h2,4,7,11,15,27H,3,5-6H2,1H3,(H2,18,19)(H,20,23)(H,25,26)/b4-2-,21-10?/t11-,15-/m1/s1. The number of aromatic nitrogens is 1. The van der Waals surface area contributed by atoms with Gasteiger partial charge < -0.3 is 26.1 Å². The Bertz CT molecular complexity index is 956. The number of nitrogens with zero attached hydrogens (tertiary/aromatic N) is 3. The smallest absolute Gasteiger partial charge is 0.352 e. The summed E-state index contributed by atoms with van der Waals surface area (Å²) in [5, 5.41) is 25.3. The first kappa shape index (κ1) is 21.8. The van der Waals surface area contributed by atoms with Crippen molar-refractivity contribution in [1.82, 2.24) is 15.2 Å². The van der Waals surface area contributed by atoms with Gasteiger partial charge in [0.25, 0.3) is 11.8 Å². The molecule has 1 saturated heterocycles. The molecule has 0 aromatic carbocycles. The number of ether oxygens (including phenoxy) is 1. The van der Waals surface area contributed by atoms with Crippen molar-refractivity contribution in [2.24, 2.45) is 5.16 Å². The predicted molar refractivity (Wildman–Crippen MR) is 110 cm³/mol. The van der Waals surface area contributed by atoms with Crippen molar-refractivity contribution >= 4 is 51.7 Å².